The van der Waals surface area contributed by atoms with Crippen LogP contribution in [0.4, 0.5) is 15.0 Å². The van der Waals surface area contributed by atoms with Gasteiger partial charge >= 0.3 is 6.09 Å². The molecule has 9 nitrogen and oxygen atoms in total. The van der Waals surface area contributed by atoms with Gasteiger partial charge < -0.3 is 19.1 Å². The summed E-state index contributed by atoms with van der Waals surface area (Å²) in [5.41, 5.74) is 0.157. The first-order chi connectivity index (χ1) is 18.1. The van der Waals surface area contributed by atoms with Gasteiger partial charge in [-0.2, -0.15) is 0 Å². The highest BCUT2D eigenvalue weighted by atomic mass is 32.1. The number of anilines is 1. The number of hydrogen-bond acceptors (Lipinski definition) is 7. The number of amides is 1. The van der Waals surface area contributed by atoms with Gasteiger partial charge in [0.25, 0.3) is 5.56 Å². The standard InChI is InChI=1S/C27H28FN5O4S/c1-27(2,3)37-26(36)32-10-8-31(9-11-32)21-7-4-15(14-29-21)17-13-20-18(12-19(17)28)23(34)22-24(35)30-38-25(22)33(20)16-5-6-16/h4,7,12-14,16H,5-6,8-11H2,1-3H3,(H,30,35). The summed E-state index contributed by atoms with van der Waals surface area (Å²) >= 11 is 1.15. The lowest BCUT2D eigenvalue weighted by atomic mass is 10.0. The van der Waals surface area contributed by atoms with Gasteiger partial charge in [0.2, 0.25) is 5.43 Å². The van der Waals surface area contributed by atoms with Crippen molar-refractivity contribution < 1.29 is 13.9 Å². The molecule has 1 amide bonds. The van der Waals surface area contributed by atoms with Crippen LogP contribution >= 0.6 is 11.5 Å². The molecule has 1 N–H and O–H groups in total. The van der Waals surface area contributed by atoms with Gasteiger partial charge in [-0.3, -0.25) is 14.0 Å². The van der Waals surface area contributed by atoms with Crippen LogP contribution in [0, 0.1) is 5.82 Å². The Bertz CT molecular complexity index is 1670. The smallest absolute Gasteiger partial charge is 0.410 e. The first kappa shape index (κ1) is 24.6. The van der Waals surface area contributed by atoms with Gasteiger partial charge in [0.05, 0.1) is 5.52 Å². The molecule has 0 unspecified atom stereocenters. The van der Waals surface area contributed by atoms with Gasteiger partial charge in [-0.1, -0.05) is 0 Å². The Morgan fingerprint density at radius 1 is 1.13 bits per heavy atom. The number of carbonyl (C=O) groups is 1. The zero-order chi connectivity index (χ0) is 26.8. The summed E-state index contributed by atoms with van der Waals surface area (Å²) in [7, 11) is 0. The topological polar surface area (TPSA) is 101 Å². The number of fused-ring (bicyclic) bond motifs is 2. The van der Waals surface area contributed by atoms with E-state index in [2.05, 4.69) is 14.3 Å². The molecule has 2 aliphatic rings. The Labute approximate surface area is 221 Å². The second-order valence-corrected chi connectivity index (χ2v) is 11.6. The Kier molecular flexibility index (Phi) is 5.78. The van der Waals surface area contributed by atoms with Gasteiger partial charge in [-0.15, -0.1) is 0 Å². The molecule has 0 bridgehead atoms. The third-order valence-corrected chi connectivity index (χ3v) is 7.82. The molecule has 38 heavy (non-hydrogen) atoms. The number of carbonyl (C=O) groups excluding carboxylic acids is 1. The van der Waals surface area contributed by atoms with E-state index in [1.54, 1.807) is 17.2 Å². The van der Waals surface area contributed by atoms with Crippen LogP contribution in [0.1, 0.15) is 39.7 Å². The van der Waals surface area contributed by atoms with Crippen molar-refractivity contribution in [3.63, 3.8) is 0 Å². The number of rotatable bonds is 3. The number of H-pyrrole nitrogens is 1. The number of aromatic nitrogens is 3. The molecular formula is C27H28FN5O4S. The molecule has 3 aromatic heterocycles. The Morgan fingerprint density at radius 2 is 1.87 bits per heavy atom. The van der Waals surface area contributed by atoms with Crippen molar-refractivity contribution >= 4 is 44.6 Å². The first-order valence-corrected chi connectivity index (χ1v) is 13.5. The highest BCUT2D eigenvalue weighted by Gasteiger charge is 2.30. The van der Waals surface area contributed by atoms with Crippen LogP contribution in [-0.4, -0.2) is 56.7 Å². The molecule has 198 valence electrons. The fourth-order valence-electron chi connectivity index (χ4n) is 4.94. The second-order valence-electron chi connectivity index (χ2n) is 10.9. The predicted molar refractivity (Wildman–Crippen MR) is 146 cm³/mol. The molecule has 2 fully saturated rings. The zero-order valence-electron chi connectivity index (χ0n) is 21.4. The molecule has 11 heteroatoms. The molecule has 1 saturated carbocycles. The van der Waals surface area contributed by atoms with E-state index in [0.29, 0.717) is 47.7 Å². The summed E-state index contributed by atoms with van der Waals surface area (Å²) in [5.74, 6) is 0.205. The van der Waals surface area contributed by atoms with Crippen molar-refractivity contribution in [2.45, 2.75) is 45.3 Å². The lowest BCUT2D eigenvalue weighted by Crippen LogP contribution is -2.50. The fourth-order valence-corrected chi connectivity index (χ4v) is 5.87. The van der Waals surface area contributed by atoms with Crippen molar-refractivity contribution in [3.05, 3.63) is 56.9 Å². The Hall–Kier alpha value is -3.73. The van der Waals surface area contributed by atoms with Crippen LogP contribution in [0.25, 0.3) is 32.2 Å². The van der Waals surface area contributed by atoms with E-state index in [0.717, 1.165) is 30.2 Å². The van der Waals surface area contributed by atoms with E-state index >= 15 is 4.39 Å². The van der Waals surface area contributed by atoms with Gasteiger partial charge in [-0.05, 0) is 69.4 Å². The minimum absolute atomic E-state index is 0.0966. The van der Waals surface area contributed by atoms with Gasteiger partial charge in [0.1, 0.15) is 27.5 Å². The van der Waals surface area contributed by atoms with Crippen molar-refractivity contribution in [1.29, 1.82) is 0 Å². The van der Waals surface area contributed by atoms with Gasteiger partial charge in [-0.25, -0.2) is 14.2 Å². The summed E-state index contributed by atoms with van der Waals surface area (Å²) in [5, 5.41) is 0.307. The summed E-state index contributed by atoms with van der Waals surface area (Å²) in [4.78, 5) is 46.7. The van der Waals surface area contributed by atoms with Crippen molar-refractivity contribution in [2.24, 2.45) is 0 Å². The molecule has 0 atom stereocenters. The van der Waals surface area contributed by atoms with Crippen LogP contribution < -0.4 is 15.9 Å². The molecule has 1 aromatic carbocycles. The normalized spacial score (nSPS) is 16.4. The number of halogens is 1. The maximum Gasteiger partial charge on any atom is 0.410 e. The van der Waals surface area contributed by atoms with Crippen molar-refractivity contribution in [3.8, 4) is 11.1 Å². The number of aromatic amines is 1. The predicted octanol–water partition coefficient (Wildman–Crippen LogP) is 4.50. The van der Waals surface area contributed by atoms with Crippen molar-refractivity contribution in [1.82, 2.24) is 18.8 Å². The van der Waals surface area contributed by atoms with E-state index in [1.165, 1.54) is 6.07 Å². The molecule has 1 aliphatic carbocycles. The van der Waals surface area contributed by atoms with Crippen LogP contribution in [0.2, 0.25) is 0 Å². The number of ether oxygens (including phenoxy) is 1. The summed E-state index contributed by atoms with van der Waals surface area (Å²) < 4.78 is 25.5. The average Bonchev–Trinajstić information content (AvgIpc) is 3.65. The minimum atomic E-state index is -0.538. The Balaban J connectivity index is 1.29. The van der Waals surface area contributed by atoms with Gasteiger partial charge in [0, 0.05) is 54.9 Å². The largest absolute Gasteiger partial charge is 0.444 e. The minimum Gasteiger partial charge on any atom is -0.444 e. The molecule has 1 saturated heterocycles. The number of benzene rings is 1. The van der Waals surface area contributed by atoms with Crippen LogP contribution in [0.5, 0.6) is 0 Å². The number of pyridine rings is 2. The van der Waals surface area contributed by atoms with E-state index in [4.69, 9.17) is 4.74 Å². The summed E-state index contributed by atoms with van der Waals surface area (Å²) in [6.07, 6.45) is 3.21. The van der Waals surface area contributed by atoms with Crippen LogP contribution in [-0.2, 0) is 4.74 Å². The quantitative estimate of drug-likeness (QED) is 0.413. The molecular weight excluding hydrogens is 509 g/mol. The SMILES string of the molecule is CC(C)(C)OC(=O)N1CCN(c2ccc(-c3cc4c(cc3F)c(=O)c3c(=O)[nH]sc3n4C3CC3)cn2)CC1. The second kappa shape index (κ2) is 8.93. The molecule has 1 aliphatic heterocycles. The number of nitrogens with one attached hydrogen (secondary N) is 1. The third-order valence-electron chi connectivity index (χ3n) is 6.94. The van der Waals surface area contributed by atoms with Crippen molar-refractivity contribution in [2.75, 3.05) is 31.1 Å². The highest BCUT2D eigenvalue weighted by Crippen LogP contribution is 2.40. The Morgan fingerprint density at radius 3 is 2.50 bits per heavy atom. The zero-order valence-corrected chi connectivity index (χ0v) is 22.2. The maximum atomic E-state index is 15.3. The number of piperazine rings is 1. The lowest BCUT2D eigenvalue weighted by molar-refractivity contribution is 0.0240. The maximum absolute atomic E-state index is 15.3. The highest BCUT2D eigenvalue weighted by molar-refractivity contribution is 7.12. The van der Waals surface area contributed by atoms with Crippen LogP contribution in [0.3, 0.4) is 0 Å². The first-order valence-electron chi connectivity index (χ1n) is 12.7. The monoisotopic (exact) mass is 537 g/mol. The molecule has 6 rings (SSSR count). The van der Waals surface area contributed by atoms with E-state index in [-0.39, 0.29) is 22.9 Å². The molecule has 4 heterocycles. The average molecular weight is 538 g/mol. The van der Waals surface area contributed by atoms with E-state index < -0.39 is 22.4 Å². The third kappa shape index (κ3) is 4.34. The summed E-state index contributed by atoms with van der Waals surface area (Å²) in [6, 6.07) is 6.79. The fraction of sp³-hybridized carbons (Fsp3) is 0.407. The van der Waals surface area contributed by atoms with Gasteiger partial charge in [0.15, 0.2) is 0 Å². The number of nitrogens with zero attached hydrogens (tertiary/aromatic N) is 4. The molecule has 0 radical (unpaired) electrons. The molecule has 4 aromatic rings. The molecule has 0 spiro atoms. The van der Waals surface area contributed by atoms with Crippen LogP contribution in [0.15, 0.2) is 40.1 Å². The lowest BCUT2D eigenvalue weighted by Gasteiger charge is -2.36. The number of hydrogen-bond donors (Lipinski definition) is 1. The van der Waals surface area contributed by atoms with E-state index in [1.807, 2.05) is 37.5 Å². The summed E-state index contributed by atoms with van der Waals surface area (Å²) in [6.45, 7) is 7.81. The van der Waals surface area contributed by atoms with E-state index in [9.17, 15) is 14.4 Å².